The van der Waals surface area contributed by atoms with Gasteiger partial charge in [0.15, 0.2) is 0 Å². The van der Waals surface area contributed by atoms with E-state index in [-0.39, 0.29) is 6.04 Å². The number of nitrogens with two attached hydrogens (primary N) is 1. The molecule has 3 N–H and O–H groups in total. The fourth-order valence-electron chi connectivity index (χ4n) is 3.11. The Hall–Kier alpha value is -1.26. The summed E-state index contributed by atoms with van der Waals surface area (Å²) >= 11 is 0. The van der Waals surface area contributed by atoms with Crippen molar-refractivity contribution in [1.82, 2.24) is 5.43 Å². The summed E-state index contributed by atoms with van der Waals surface area (Å²) in [5, 5.41) is 0. The Labute approximate surface area is 115 Å². The van der Waals surface area contributed by atoms with Crippen LogP contribution in [0.4, 0.5) is 0 Å². The first-order valence-corrected chi connectivity index (χ1v) is 6.87. The van der Waals surface area contributed by atoms with E-state index < -0.39 is 0 Å². The Bertz CT molecular complexity index is 423. The molecule has 3 unspecified atom stereocenters. The Kier molecular flexibility index (Phi) is 4.66. The minimum absolute atomic E-state index is 0.144. The molecule has 19 heavy (non-hydrogen) atoms. The first kappa shape index (κ1) is 14.2. The number of hydrogen-bond donors (Lipinski definition) is 2. The van der Waals surface area contributed by atoms with Gasteiger partial charge < -0.3 is 9.47 Å². The second-order valence-electron chi connectivity index (χ2n) is 5.43. The highest BCUT2D eigenvalue weighted by atomic mass is 16.5. The molecule has 1 aromatic carbocycles. The number of rotatable bonds is 5. The van der Waals surface area contributed by atoms with Gasteiger partial charge in [0, 0.05) is 11.6 Å². The number of hydrogen-bond acceptors (Lipinski definition) is 4. The van der Waals surface area contributed by atoms with Crippen LogP contribution in [0.1, 0.15) is 37.8 Å². The molecule has 0 saturated heterocycles. The molecule has 3 atom stereocenters. The molecule has 0 heterocycles. The van der Waals surface area contributed by atoms with Gasteiger partial charge in [-0.25, -0.2) is 0 Å². The molecule has 0 aliphatic heterocycles. The first-order chi connectivity index (χ1) is 9.19. The number of ether oxygens (including phenoxy) is 2. The van der Waals surface area contributed by atoms with Gasteiger partial charge in [0.05, 0.1) is 20.3 Å². The molecule has 1 saturated carbocycles. The van der Waals surface area contributed by atoms with Crippen molar-refractivity contribution < 1.29 is 9.47 Å². The summed E-state index contributed by atoms with van der Waals surface area (Å²) in [7, 11) is 3.34. The maximum Gasteiger partial charge on any atom is 0.127 e. The molecule has 0 bridgehead atoms. The van der Waals surface area contributed by atoms with Crippen molar-refractivity contribution in [1.29, 1.82) is 0 Å². The van der Waals surface area contributed by atoms with Crippen LogP contribution in [-0.4, -0.2) is 14.2 Å². The lowest BCUT2D eigenvalue weighted by Crippen LogP contribution is -2.33. The Balaban J connectivity index is 2.27. The lowest BCUT2D eigenvalue weighted by atomic mass is 9.91. The van der Waals surface area contributed by atoms with E-state index in [0.29, 0.717) is 5.92 Å². The number of nitrogens with one attached hydrogen (secondary N) is 1. The SMILES string of the molecule is COc1ccc(C(NN)C2CCC(C)C2)c(OC)c1. The highest BCUT2D eigenvalue weighted by Crippen LogP contribution is 2.41. The predicted octanol–water partition coefficient (Wildman–Crippen LogP) is 2.64. The van der Waals surface area contributed by atoms with Gasteiger partial charge in [-0.3, -0.25) is 11.3 Å². The van der Waals surface area contributed by atoms with Crippen LogP contribution in [0.5, 0.6) is 11.5 Å². The predicted molar refractivity (Wildman–Crippen MR) is 76.1 cm³/mol. The fourth-order valence-corrected chi connectivity index (χ4v) is 3.11. The highest BCUT2D eigenvalue weighted by molar-refractivity contribution is 5.42. The zero-order valence-corrected chi connectivity index (χ0v) is 12.0. The van der Waals surface area contributed by atoms with Gasteiger partial charge in [0.25, 0.3) is 0 Å². The van der Waals surface area contributed by atoms with E-state index in [1.165, 1.54) is 19.3 Å². The normalized spacial score (nSPS) is 24.2. The zero-order valence-electron chi connectivity index (χ0n) is 12.0. The Morgan fingerprint density at radius 3 is 2.58 bits per heavy atom. The average molecular weight is 264 g/mol. The Morgan fingerprint density at radius 1 is 1.26 bits per heavy atom. The van der Waals surface area contributed by atoms with Crippen LogP contribution in [0, 0.1) is 11.8 Å². The maximum absolute atomic E-state index is 5.79. The van der Waals surface area contributed by atoms with Crippen molar-refractivity contribution >= 4 is 0 Å². The van der Waals surface area contributed by atoms with Crippen molar-refractivity contribution in [2.24, 2.45) is 17.7 Å². The molecule has 4 heteroatoms. The summed E-state index contributed by atoms with van der Waals surface area (Å²) in [5.41, 5.74) is 4.09. The molecule has 0 radical (unpaired) electrons. The van der Waals surface area contributed by atoms with Crippen LogP contribution < -0.4 is 20.7 Å². The van der Waals surface area contributed by atoms with E-state index >= 15 is 0 Å². The molecule has 0 amide bonds. The van der Waals surface area contributed by atoms with Crippen molar-refractivity contribution in [3.8, 4) is 11.5 Å². The van der Waals surface area contributed by atoms with E-state index in [1.807, 2.05) is 18.2 Å². The smallest absolute Gasteiger partial charge is 0.127 e. The van der Waals surface area contributed by atoms with E-state index in [2.05, 4.69) is 12.3 Å². The monoisotopic (exact) mass is 264 g/mol. The third-order valence-corrected chi connectivity index (χ3v) is 4.16. The standard InChI is InChI=1S/C15H24N2O2/c1-10-4-5-11(8-10)15(17-16)13-7-6-12(18-2)9-14(13)19-3/h6-7,9-11,15,17H,4-5,8,16H2,1-3H3. The lowest BCUT2D eigenvalue weighted by Gasteiger charge is -2.25. The molecule has 1 aliphatic rings. The molecular weight excluding hydrogens is 240 g/mol. The molecule has 106 valence electrons. The molecule has 2 rings (SSSR count). The van der Waals surface area contributed by atoms with Gasteiger partial charge in [0.1, 0.15) is 11.5 Å². The second-order valence-corrected chi connectivity index (χ2v) is 5.43. The van der Waals surface area contributed by atoms with Gasteiger partial charge in [-0.2, -0.15) is 0 Å². The summed E-state index contributed by atoms with van der Waals surface area (Å²) in [6, 6.07) is 6.06. The third kappa shape index (κ3) is 3.01. The van der Waals surface area contributed by atoms with Crippen LogP contribution in [0.3, 0.4) is 0 Å². The van der Waals surface area contributed by atoms with Crippen LogP contribution in [0.25, 0.3) is 0 Å². The third-order valence-electron chi connectivity index (χ3n) is 4.16. The molecular formula is C15H24N2O2. The van der Waals surface area contributed by atoms with Gasteiger partial charge >= 0.3 is 0 Å². The number of methoxy groups -OCH3 is 2. The second kappa shape index (κ2) is 6.26. The van der Waals surface area contributed by atoms with E-state index in [9.17, 15) is 0 Å². The van der Waals surface area contributed by atoms with Gasteiger partial charge in [-0.15, -0.1) is 0 Å². The summed E-state index contributed by atoms with van der Waals surface area (Å²) in [6.45, 7) is 2.30. The molecule has 1 aromatic rings. The van der Waals surface area contributed by atoms with Crippen molar-refractivity contribution in [2.75, 3.05) is 14.2 Å². The lowest BCUT2D eigenvalue weighted by molar-refractivity contribution is 0.339. The van der Waals surface area contributed by atoms with Crippen LogP contribution >= 0.6 is 0 Å². The average Bonchev–Trinajstić information content (AvgIpc) is 2.86. The summed E-state index contributed by atoms with van der Waals surface area (Å²) in [6.07, 6.45) is 3.70. The Morgan fingerprint density at radius 2 is 2.05 bits per heavy atom. The molecule has 0 aromatic heterocycles. The first-order valence-electron chi connectivity index (χ1n) is 6.87. The minimum Gasteiger partial charge on any atom is -0.497 e. The van der Waals surface area contributed by atoms with E-state index in [0.717, 1.165) is 23.0 Å². The quantitative estimate of drug-likeness (QED) is 0.634. The number of benzene rings is 1. The maximum atomic E-state index is 5.79. The van der Waals surface area contributed by atoms with E-state index in [4.69, 9.17) is 15.3 Å². The van der Waals surface area contributed by atoms with Crippen molar-refractivity contribution in [2.45, 2.75) is 32.2 Å². The van der Waals surface area contributed by atoms with Gasteiger partial charge in [0.2, 0.25) is 0 Å². The molecule has 0 spiro atoms. The zero-order chi connectivity index (χ0) is 13.8. The van der Waals surface area contributed by atoms with Gasteiger partial charge in [-0.05, 0) is 30.7 Å². The summed E-state index contributed by atoms with van der Waals surface area (Å²) < 4.78 is 10.7. The van der Waals surface area contributed by atoms with Crippen LogP contribution in [0.2, 0.25) is 0 Å². The van der Waals surface area contributed by atoms with Crippen molar-refractivity contribution in [3.63, 3.8) is 0 Å². The fraction of sp³-hybridized carbons (Fsp3) is 0.600. The van der Waals surface area contributed by atoms with Crippen LogP contribution in [0.15, 0.2) is 18.2 Å². The van der Waals surface area contributed by atoms with E-state index in [1.54, 1.807) is 14.2 Å². The van der Waals surface area contributed by atoms with Crippen LogP contribution in [-0.2, 0) is 0 Å². The molecule has 4 nitrogen and oxygen atoms in total. The topological polar surface area (TPSA) is 56.5 Å². The largest absolute Gasteiger partial charge is 0.497 e. The molecule has 1 fully saturated rings. The van der Waals surface area contributed by atoms with Crippen molar-refractivity contribution in [3.05, 3.63) is 23.8 Å². The number of hydrazine groups is 1. The summed E-state index contributed by atoms with van der Waals surface area (Å²) in [4.78, 5) is 0. The minimum atomic E-state index is 0.144. The van der Waals surface area contributed by atoms with Gasteiger partial charge in [-0.1, -0.05) is 19.4 Å². The summed E-state index contributed by atoms with van der Waals surface area (Å²) in [5.74, 6) is 8.78. The highest BCUT2D eigenvalue weighted by Gasteiger charge is 2.30. The molecule has 1 aliphatic carbocycles.